The van der Waals surface area contributed by atoms with Crippen LogP contribution >= 0.6 is 0 Å². The van der Waals surface area contributed by atoms with Crippen LogP contribution in [0.4, 0.5) is 0 Å². The van der Waals surface area contributed by atoms with Gasteiger partial charge in [0.2, 0.25) is 0 Å². The molecule has 0 fully saturated rings. The molecule has 0 saturated heterocycles. The molecule has 0 radical (unpaired) electrons. The highest BCUT2D eigenvalue weighted by atomic mass is 16.3. The van der Waals surface area contributed by atoms with Gasteiger partial charge in [0, 0.05) is 11.6 Å². The molecule has 4 heteroatoms. The fraction of sp³-hybridized carbons (Fsp3) is 0. The van der Waals surface area contributed by atoms with Crippen LogP contribution in [0.25, 0.3) is 6.08 Å². The summed E-state index contributed by atoms with van der Waals surface area (Å²) in [7, 11) is 0. The highest BCUT2D eigenvalue weighted by Gasteiger charge is 1.95. The zero-order valence-electron chi connectivity index (χ0n) is 10.7. The zero-order chi connectivity index (χ0) is 14.2. The summed E-state index contributed by atoms with van der Waals surface area (Å²) < 4.78 is 0. The first-order valence-electron chi connectivity index (χ1n) is 6.10. The maximum Gasteiger partial charge on any atom is 0.264 e. The predicted octanol–water partition coefficient (Wildman–Crippen LogP) is 2.56. The van der Waals surface area contributed by atoms with E-state index in [9.17, 15) is 9.90 Å². The Balaban J connectivity index is 1.90. The molecule has 2 aromatic carbocycles. The summed E-state index contributed by atoms with van der Waals surface area (Å²) in [5, 5.41) is 13.3. The topological polar surface area (TPSA) is 61.7 Å². The van der Waals surface area contributed by atoms with E-state index in [2.05, 4.69) is 10.5 Å². The Morgan fingerprint density at radius 3 is 2.50 bits per heavy atom. The van der Waals surface area contributed by atoms with E-state index in [-0.39, 0.29) is 11.7 Å². The molecule has 100 valence electrons. The second-order valence-corrected chi connectivity index (χ2v) is 4.04. The first kappa shape index (κ1) is 13.5. The lowest BCUT2D eigenvalue weighted by Gasteiger charge is -1.97. The lowest BCUT2D eigenvalue weighted by molar-refractivity contribution is -0.116. The van der Waals surface area contributed by atoms with Crippen molar-refractivity contribution in [2.75, 3.05) is 0 Å². The van der Waals surface area contributed by atoms with E-state index in [1.807, 2.05) is 30.3 Å². The summed E-state index contributed by atoms with van der Waals surface area (Å²) >= 11 is 0. The van der Waals surface area contributed by atoms with E-state index in [1.54, 1.807) is 30.3 Å². The Bertz CT molecular complexity index is 634. The third kappa shape index (κ3) is 4.10. The SMILES string of the molecule is O=C(/C=C/c1ccccc1)NN=Cc1ccccc1O. The number of para-hydroxylation sites is 1. The normalized spacial score (nSPS) is 11.0. The molecule has 0 aromatic heterocycles. The number of carbonyl (C=O) groups is 1. The number of benzene rings is 2. The van der Waals surface area contributed by atoms with Crippen LogP contribution < -0.4 is 5.43 Å². The summed E-state index contributed by atoms with van der Waals surface area (Å²) in [5.41, 5.74) is 3.84. The summed E-state index contributed by atoms with van der Waals surface area (Å²) in [5.74, 6) is -0.217. The smallest absolute Gasteiger partial charge is 0.264 e. The van der Waals surface area contributed by atoms with Crippen LogP contribution in [0.5, 0.6) is 5.75 Å². The third-order valence-electron chi connectivity index (χ3n) is 2.54. The van der Waals surface area contributed by atoms with Gasteiger partial charge in [0.05, 0.1) is 6.21 Å². The van der Waals surface area contributed by atoms with Crippen molar-refractivity contribution in [3.05, 3.63) is 71.8 Å². The lowest BCUT2D eigenvalue weighted by Crippen LogP contribution is -2.14. The van der Waals surface area contributed by atoms with Gasteiger partial charge >= 0.3 is 0 Å². The predicted molar refractivity (Wildman–Crippen MR) is 79.3 cm³/mol. The molecule has 0 aliphatic carbocycles. The van der Waals surface area contributed by atoms with Crippen LogP contribution in [0.15, 0.2) is 65.8 Å². The number of phenolic OH excluding ortho intramolecular Hbond substituents is 1. The number of nitrogens with one attached hydrogen (secondary N) is 1. The average Bonchev–Trinajstić information content (AvgIpc) is 2.48. The zero-order valence-corrected chi connectivity index (χ0v) is 10.7. The number of phenols is 1. The number of nitrogens with zero attached hydrogens (tertiary/aromatic N) is 1. The van der Waals surface area contributed by atoms with Crippen LogP contribution in [-0.4, -0.2) is 17.2 Å². The monoisotopic (exact) mass is 266 g/mol. The molecule has 0 heterocycles. The molecule has 0 spiro atoms. The van der Waals surface area contributed by atoms with Crippen molar-refractivity contribution in [3.63, 3.8) is 0 Å². The molecule has 0 aliphatic heterocycles. The van der Waals surface area contributed by atoms with Crippen molar-refractivity contribution >= 4 is 18.2 Å². The van der Waals surface area contributed by atoms with Gasteiger partial charge in [0.15, 0.2) is 0 Å². The van der Waals surface area contributed by atoms with Gasteiger partial charge in [0.25, 0.3) is 5.91 Å². The van der Waals surface area contributed by atoms with Crippen LogP contribution in [0, 0.1) is 0 Å². The number of hydrazone groups is 1. The first-order chi connectivity index (χ1) is 9.75. The minimum atomic E-state index is -0.333. The number of rotatable bonds is 4. The fourth-order valence-electron chi connectivity index (χ4n) is 1.54. The molecule has 4 nitrogen and oxygen atoms in total. The van der Waals surface area contributed by atoms with Gasteiger partial charge in [0.1, 0.15) is 5.75 Å². The van der Waals surface area contributed by atoms with Crippen molar-refractivity contribution in [1.29, 1.82) is 0 Å². The quantitative estimate of drug-likeness (QED) is 0.507. The molecular formula is C16H14N2O2. The van der Waals surface area contributed by atoms with E-state index >= 15 is 0 Å². The standard InChI is InChI=1S/C16H14N2O2/c19-15-9-5-4-8-14(15)12-17-18-16(20)11-10-13-6-2-1-3-7-13/h1-12,19H,(H,18,20)/b11-10+,17-12?. The Kier molecular flexibility index (Phi) is 4.67. The molecule has 0 bridgehead atoms. The molecule has 0 atom stereocenters. The Hall–Kier alpha value is -2.88. The minimum Gasteiger partial charge on any atom is -0.507 e. The molecule has 2 aromatic rings. The fourth-order valence-corrected chi connectivity index (χ4v) is 1.54. The van der Waals surface area contributed by atoms with Crippen molar-refractivity contribution < 1.29 is 9.90 Å². The van der Waals surface area contributed by atoms with E-state index in [1.165, 1.54) is 12.3 Å². The number of hydrogen-bond donors (Lipinski definition) is 2. The van der Waals surface area contributed by atoms with Gasteiger partial charge in [-0.1, -0.05) is 42.5 Å². The van der Waals surface area contributed by atoms with Crippen LogP contribution in [-0.2, 0) is 4.79 Å². The molecule has 1 amide bonds. The highest BCUT2D eigenvalue weighted by molar-refractivity contribution is 5.92. The Morgan fingerprint density at radius 2 is 1.75 bits per heavy atom. The summed E-state index contributed by atoms with van der Waals surface area (Å²) in [6, 6.07) is 16.2. The molecule has 2 N–H and O–H groups in total. The minimum absolute atomic E-state index is 0.116. The van der Waals surface area contributed by atoms with E-state index in [4.69, 9.17) is 0 Å². The first-order valence-corrected chi connectivity index (χ1v) is 6.10. The molecule has 2 rings (SSSR count). The number of carbonyl (C=O) groups excluding carboxylic acids is 1. The van der Waals surface area contributed by atoms with Crippen molar-refractivity contribution in [1.82, 2.24) is 5.43 Å². The van der Waals surface area contributed by atoms with Gasteiger partial charge in [-0.2, -0.15) is 5.10 Å². The largest absolute Gasteiger partial charge is 0.507 e. The van der Waals surface area contributed by atoms with E-state index in [0.717, 1.165) is 5.56 Å². The van der Waals surface area contributed by atoms with Crippen LogP contribution in [0.3, 0.4) is 0 Å². The summed E-state index contributed by atoms with van der Waals surface area (Å²) in [6.07, 6.45) is 4.49. The van der Waals surface area contributed by atoms with Gasteiger partial charge in [-0.15, -0.1) is 0 Å². The summed E-state index contributed by atoms with van der Waals surface area (Å²) in [4.78, 5) is 11.5. The number of amides is 1. The van der Waals surface area contributed by atoms with Gasteiger partial charge in [-0.3, -0.25) is 4.79 Å². The van der Waals surface area contributed by atoms with Gasteiger partial charge in [-0.25, -0.2) is 5.43 Å². The third-order valence-corrected chi connectivity index (χ3v) is 2.54. The highest BCUT2D eigenvalue weighted by Crippen LogP contribution is 2.12. The van der Waals surface area contributed by atoms with Crippen molar-refractivity contribution in [2.45, 2.75) is 0 Å². The molecule has 20 heavy (non-hydrogen) atoms. The molecule has 0 saturated carbocycles. The molecule has 0 unspecified atom stereocenters. The lowest BCUT2D eigenvalue weighted by atomic mass is 10.2. The molecule has 0 aliphatic rings. The average molecular weight is 266 g/mol. The second kappa shape index (κ2) is 6.89. The maximum atomic E-state index is 11.5. The van der Waals surface area contributed by atoms with Crippen molar-refractivity contribution in [3.8, 4) is 5.75 Å². The van der Waals surface area contributed by atoms with E-state index in [0.29, 0.717) is 5.56 Å². The maximum absolute atomic E-state index is 11.5. The second-order valence-electron chi connectivity index (χ2n) is 4.04. The van der Waals surface area contributed by atoms with Crippen LogP contribution in [0.2, 0.25) is 0 Å². The number of aromatic hydroxyl groups is 1. The van der Waals surface area contributed by atoms with Crippen molar-refractivity contribution in [2.24, 2.45) is 5.10 Å². The van der Waals surface area contributed by atoms with Gasteiger partial charge < -0.3 is 5.11 Å². The summed E-state index contributed by atoms with van der Waals surface area (Å²) in [6.45, 7) is 0. The Labute approximate surface area is 117 Å². The van der Waals surface area contributed by atoms with Crippen LogP contribution in [0.1, 0.15) is 11.1 Å². The molecular weight excluding hydrogens is 252 g/mol. The Morgan fingerprint density at radius 1 is 1.05 bits per heavy atom. The van der Waals surface area contributed by atoms with Gasteiger partial charge in [-0.05, 0) is 23.8 Å². The van der Waals surface area contributed by atoms with E-state index < -0.39 is 0 Å². The number of hydrogen-bond acceptors (Lipinski definition) is 3.